The highest BCUT2D eigenvalue weighted by atomic mass is 15.0. The fourth-order valence-electron chi connectivity index (χ4n) is 5.66. The fourth-order valence-corrected chi connectivity index (χ4v) is 5.66. The Balaban J connectivity index is 1.65. The number of benzene rings is 4. The molecule has 2 heterocycles. The SMILES string of the molecule is CC1(C)c2ccccc2-c2c(-n3cc4c5ccccc5nc-4c4ccccc43)cccc21. The molecule has 0 atom stereocenters. The minimum absolute atomic E-state index is 0.0169. The third-order valence-electron chi connectivity index (χ3n) is 7.20. The van der Waals surface area contributed by atoms with Crippen LogP contribution in [0.25, 0.3) is 49.9 Å². The number of hydrogen-bond donors (Lipinski definition) is 0. The molecule has 0 saturated carbocycles. The summed E-state index contributed by atoms with van der Waals surface area (Å²) in [6.45, 7) is 4.67. The minimum atomic E-state index is -0.0169. The molecule has 0 aromatic heterocycles. The van der Waals surface area contributed by atoms with E-state index in [4.69, 9.17) is 4.98 Å². The second-order valence-electron chi connectivity index (χ2n) is 9.28. The van der Waals surface area contributed by atoms with E-state index >= 15 is 0 Å². The molecule has 0 saturated heterocycles. The summed E-state index contributed by atoms with van der Waals surface area (Å²) in [6.07, 6.45) is 2.29. The molecule has 0 unspecified atom stereocenters. The van der Waals surface area contributed by atoms with Crippen LogP contribution in [0.5, 0.6) is 0 Å². The summed E-state index contributed by atoms with van der Waals surface area (Å²) >= 11 is 0. The Bertz CT molecular complexity index is 1650. The zero-order chi connectivity index (χ0) is 21.4. The van der Waals surface area contributed by atoms with E-state index in [9.17, 15) is 0 Å². The lowest BCUT2D eigenvalue weighted by Crippen LogP contribution is -2.15. The van der Waals surface area contributed by atoms with E-state index in [1.807, 2.05) is 0 Å². The first-order valence-electron chi connectivity index (χ1n) is 11.2. The zero-order valence-corrected chi connectivity index (χ0v) is 18.1. The summed E-state index contributed by atoms with van der Waals surface area (Å²) in [5, 5.41) is 2.39. The van der Waals surface area contributed by atoms with Gasteiger partial charge in [-0.15, -0.1) is 0 Å². The van der Waals surface area contributed by atoms with Gasteiger partial charge in [-0.25, -0.2) is 4.98 Å². The summed E-state index contributed by atoms with van der Waals surface area (Å²) in [5.41, 5.74) is 11.2. The van der Waals surface area contributed by atoms with Crippen LogP contribution in [0.2, 0.25) is 0 Å². The van der Waals surface area contributed by atoms with Crippen LogP contribution in [0.4, 0.5) is 0 Å². The number of nitrogens with zero attached hydrogens (tertiary/aromatic N) is 2. The number of rotatable bonds is 1. The van der Waals surface area contributed by atoms with Gasteiger partial charge < -0.3 is 4.57 Å². The first-order valence-corrected chi connectivity index (χ1v) is 11.2. The third-order valence-corrected chi connectivity index (χ3v) is 7.20. The molecular formula is C30H22N2. The van der Waals surface area contributed by atoms with Gasteiger partial charge in [0.15, 0.2) is 0 Å². The number of aromatic nitrogens is 2. The van der Waals surface area contributed by atoms with Crippen molar-refractivity contribution in [3.8, 4) is 28.1 Å². The average molecular weight is 411 g/mol. The highest BCUT2D eigenvalue weighted by Crippen LogP contribution is 2.51. The minimum Gasteiger partial charge on any atom is -0.315 e. The van der Waals surface area contributed by atoms with Crippen LogP contribution in [-0.4, -0.2) is 9.55 Å². The van der Waals surface area contributed by atoms with Crippen molar-refractivity contribution in [1.82, 2.24) is 9.55 Å². The quantitative estimate of drug-likeness (QED) is 0.273. The maximum Gasteiger partial charge on any atom is 0.0824 e. The van der Waals surface area contributed by atoms with Gasteiger partial charge in [-0.2, -0.15) is 0 Å². The highest BCUT2D eigenvalue weighted by molar-refractivity contribution is 6.07. The molecule has 152 valence electrons. The Morgan fingerprint density at radius 2 is 1.38 bits per heavy atom. The van der Waals surface area contributed by atoms with E-state index in [1.54, 1.807) is 0 Å². The van der Waals surface area contributed by atoms with Crippen LogP contribution in [-0.2, 0) is 5.41 Å². The van der Waals surface area contributed by atoms with Crippen molar-refractivity contribution in [3.63, 3.8) is 0 Å². The third kappa shape index (κ3) is 2.17. The average Bonchev–Trinajstić information content (AvgIpc) is 3.32. The number of fused-ring (bicyclic) bond motifs is 8. The summed E-state index contributed by atoms with van der Waals surface area (Å²) in [4.78, 5) is 5.00. The van der Waals surface area contributed by atoms with E-state index < -0.39 is 0 Å². The normalized spacial score (nSPS) is 14.2. The molecule has 0 spiro atoms. The molecule has 1 aliphatic carbocycles. The first-order chi connectivity index (χ1) is 15.6. The monoisotopic (exact) mass is 410 g/mol. The van der Waals surface area contributed by atoms with Gasteiger partial charge in [0.1, 0.15) is 0 Å². The summed E-state index contributed by atoms with van der Waals surface area (Å²) in [5.74, 6) is 0. The van der Waals surface area contributed by atoms with Crippen LogP contribution in [0.15, 0.2) is 97.2 Å². The molecule has 4 aromatic rings. The maximum atomic E-state index is 5.00. The second-order valence-corrected chi connectivity index (χ2v) is 9.28. The number of hydrogen-bond acceptors (Lipinski definition) is 1. The van der Waals surface area contributed by atoms with Crippen molar-refractivity contribution < 1.29 is 0 Å². The van der Waals surface area contributed by atoms with Crippen molar-refractivity contribution in [2.45, 2.75) is 19.3 Å². The molecule has 0 amide bonds. The van der Waals surface area contributed by atoms with Crippen molar-refractivity contribution in [1.29, 1.82) is 0 Å². The Morgan fingerprint density at radius 3 is 2.28 bits per heavy atom. The number of pyridine rings is 1. The molecule has 0 radical (unpaired) electrons. The van der Waals surface area contributed by atoms with Crippen molar-refractivity contribution in [3.05, 3.63) is 108 Å². The molecule has 0 fully saturated rings. The molecule has 3 aliphatic rings. The standard InChI is InChI=1S/C30H22N2/c1-30(2)23-13-6-3-11-20(23)28-24(30)14-9-17-27(28)32-18-22-19-10-4-7-15-25(19)31-29(22)21-12-5-8-16-26(21)32/h3-18H,1-2H3. The predicted molar refractivity (Wildman–Crippen MR) is 133 cm³/mol. The van der Waals surface area contributed by atoms with Gasteiger partial charge in [-0.3, -0.25) is 0 Å². The summed E-state index contributed by atoms with van der Waals surface area (Å²) in [6, 6.07) is 32.7. The van der Waals surface area contributed by atoms with Crippen LogP contribution in [0.3, 0.4) is 0 Å². The van der Waals surface area contributed by atoms with Crippen LogP contribution in [0.1, 0.15) is 25.0 Å². The van der Waals surface area contributed by atoms with Crippen molar-refractivity contribution in [2.24, 2.45) is 0 Å². The second kappa shape index (κ2) is 6.08. The van der Waals surface area contributed by atoms with Gasteiger partial charge in [-0.1, -0.05) is 86.6 Å². The van der Waals surface area contributed by atoms with Crippen LogP contribution in [0, 0.1) is 0 Å². The molecule has 2 aliphatic heterocycles. The molecule has 0 N–H and O–H groups in total. The van der Waals surface area contributed by atoms with E-state index in [-0.39, 0.29) is 5.41 Å². The molecule has 7 rings (SSSR count). The highest BCUT2D eigenvalue weighted by Gasteiger charge is 2.36. The Morgan fingerprint density at radius 1 is 0.656 bits per heavy atom. The van der Waals surface area contributed by atoms with Gasteiger partial charge in [0.05, 0.1) is 22.4 Å². The Labute approximate surface area is 187 Å². The Hall–Kier alpha value is -3.91. The largest absolute Gasteiger partial charge is 0.315 e. The Kier molecular flexibility index (Phi) is 3.37. The van der Waals surface area contributed by atoms with Crippen molar-refractivity contribution in [2.75, 3.05) is 0 Å². The lowest BCUT2D eigenvalue weighted by atomic mass is 9.82. The lowest BCUT2D eigenvalue weighted by molar-refractivity contribution is 0.660. The van der Waals surface area contributed by atoms with Crippen molar-refractivity contribution >= 4 is 21.8 Å². The predicted octanol–water partition coefficient (Wildman–Crippen LogP) is 7.59. The van der Waals surface area contributed by atoms with E-state index in [2.05, 4.69) is 116 Å². The van der Waals surface area contributed by atoms with Gasteiger partial charge in [0.25, 0.3) is 0 Å². The zero-order valence-electron chi connectivity index (χ0n) is 18.1. The molecule has 32 heavy (non-hydrogen) atoms. The molecule has 2 nitrogen and oxygen atoms in total. The number of para-hydroxylation sites is 2. The van der Waals surface area contributed by atoms with E-state index in [0.717, 1.165) is 11.2 Å². The van der Waals surface area contributed by atoms with Crippen LogP contribution >= 0.6 is 0 Å². The molecule has 2 heteroatoms. The first kappa shape index (κ1) is 17.7. The van der Waals surface area contributed by atoms with Gasteiger partial charge in [0, 0.05) is 33.5 Å². The molecular weight excluding hydrogens is 388 g/mol. The van der Waals surface area contributed by atoms with Gasteiger partial charge in [0.2, 0.25) is 0 Å². The van der Waals surface area contributed by atoms with E-state index in [0.29, 0.717) is 0 Å². The topological polar surface area (TPSA) is 17.8 Å². The summed E-state index contributed by atoms with van der Waals surface area (Å²) in [7, 11) is 0. The lowest BCUT2D eigenvalue weighted by Gasteiger charge is -2.22. The van der Waals surface area contributed by atoms with Gasteiger partial charge in [-0.05, 0) is 34.9 Å². The summed E-state index contributed by atoms with van der Waals surface area (Å²) < 4.78 is 2.38. The van der Waals surface area contributed by atoms with Crippen LogP contribution < -0.4 is 0 Å². The van der Waals surface area contributed by atoms with Gasteiger partial charge >= 0.3 is 0 Å². The van der Waals surface area contributed by atoms with E-state index in [1.165, 1.54) is 49.8 Å². The fraction of sp³-hybridized carbons (Fsp3) is 0.100. The maximum absolute atomic E-state index is 5.00. The molecule has 0 bridgehead atoms. The smallest absolute Gasteiger partial charge is 0.0824 e. The molecule has 4 aromatic carbocycles.